The Kier molecular flexibility index (Phi) is 9.04. The van der Waals surface area contributed by atoms with Gasteiger partial charge in [-0.05, 0) is 34.5 Å². The third-order valence-electron chi connectivity index (χ3n) is 7.65. The van der Waals surface area contributed by atoms with Gasteiger partial charge < -0.3 is 13.9 Å². The molecule has 0 radical (unpaired) electrons. The first kappa shape index (κ1) is 29.1. The van der Waals surface area contributed by atoms with Crippen molar-refractivity contribution in [3.63, 3.8) is 0 Å². The summed E-state index contributed by atoms with van der Waals surface area (Å²) >= 11 is 1.45. The van der Waals surface area contributed by atoms with E-state index in [1.54, 1.807) is 0 Å². The summed E-state index contributed by atoms with van der Waals surface area (Å²) in [7, 11) is -1.36. The molecule has 0 N–H and O–H groups in total. The summed E-state index contributed by atoms with van der Waals surface area (Å²) in [5.74, 6) is -1.01. The summed E-state index contributed by atoms with van der Waals surface area (Å²) in [5.41, 5.74) is 0. The maximum atomic E-state index is 13.3. The van der Waals surface area contributed by atoms with Gasteiger partial charge in [0, 0.05) is 23.8 Å². The normalized spacial score (nSPS) is 21.4. The molecule has 39 heavy (non-hydrogen) atoms. The van der Waals surface area contributed by atoms with Crippen LogP contribution in [0.25, 0.3) is 0 Å². The third kappa shape index (κ3) is 6.00. The molecule has 4 rings (SSSR count). The lowest BCUT2D eigenvalue weighted by molar-refractivity contribution is -0.144. The second-order valence-electron chi connectivity index (χ2n) is 11.2. The van der Waals surface area contributed by atoms with Gasteiger partial charge in [0.1, 0.15) is 10.9 Å². The molecule has 206 valence electrons. The van der Waals surface area contributed by atoms with Crippen molar-refractivity contribution < 1.29 is 23.5 Å². The summed E-state index contributed by atoms with van der Waals surface area (Å²) in [6.07, 6.45) is 0.127. The van der Waals surface area contributed by atoms with Crippen molar-refractivity contribution >= 4 is 42.4 Å². The highest BCUT2D eigenvalue weighted by Gasteiger charge is 2.56. The Balaban J connectivity index is 1.63. The number of benzene rings is 3. The number of esters is 2. The van der Waals surface area contributed by atoms with Crippen LogP contribution < -0.4 is 10.4 Å². The van der Waals surface area contributed by atoms with Crippen molar-refractivity contribution in [3.8, 4) is 0 Å². The van der Waals surface area contributed by atoms with E-state index in [1.165, 1.54) is 29.2 Å². The van der Waals surface area contributed by atoms with Crippen molar-refractivity contribution in [1.29, 1.82) is 0 Å². The standard InChI is InChI=1S/C32H38O5SSi/c1-31(2,3)39(25-17-11-7-12-18-25,26-19-13-8-14-20-26)36-22-21-28-27(23-29(33)35-5)32(4,30(34)37-28)38-24-15-9-6-10-16-24/h6-20,27-28H,21-23H2,1-5H3/t27-,28-,32-/m1/s1. The zero-order valence-electron chi connectivity index (χ0n) is 23.4. The fourth-order valence-corrected chi connectivity index (χ4v) is 11.5. The topological polar surface area (TPSA) is 61.8 Å². The molecule has 0 spiro atoms. The van der Waals surface area contributed by atoms with Gasteiger partial charge in [-0.15, -0.1) is 11.8 Å². The zero-order chi connectivity index (χ0) is 28.1. The van der Waals surface area contributed by atoms with Gasteiger partial charge in [-0.3, -0.25) is 9.59 Å². The number of methoxy groups -OCH3 is 1. The van der Waals surface area contributed by atoms with Crippen LogP contribution in [0.2, 0.25) is 5.04 Å². The molecule has 0 saturated carbocycles. The Morgan fingerprint density at radius 3 is 1.92 bits per heavy atom. The minimum Gasteiger partial charge on any atom is -0.469 e. The van der Waals surface area contributed by atoms with Crippen molar-refractivity contribution in [3.05, 3.63) is 91.0 Å². The zero-order valence-corrected chi connectivity index (χ0v) is 25.2. The summed E-state index contributed by atoms with van der Waals surface area (Å²) in [6.45, 7) is 8.99. The van der Waals surface area contributed by atoms with Gasteiger partial charge >= 0.3 is 11.9 Å². The first-order valence-electron chi connectivity index (χ1n) is 13.4. The van der Waals surface area contributed by atoms with Gasteiger partial charge in [0.2, 0.25) is 0 Å². The van der Waals surface area contributed by atoms with E-state index in [4.69, 9.17) is 13.9 Å². The van der Waals surface area contributed by atoms with Crippen molar-refractivity contribution in [2.24, 2.45) is 5.92 Å². The second-order valence-corrected chi connectivity index (χ2v) is 17.0. The van der Waals surface area contributed by atoms with Gasteiger partial charge in [-0.2, -0.15) is 0 Å². The van der Waals surface area contributed by atoms with Gasteiger partial charge in [-0.1, -0.05) is 99.6 Å². The minimum absolute atomic E-state index is 0.0997. The fraction of sp³-hybridized carbons (Fsp3) is 0.375. The van der Waals surface area contributed by atoms with E-state index in [2.05, 4.69) is 69.3 Å². The van der Waals surface area contributed by atoms with E-state index in [0.717, 1.165) is 4.90 Å². The molecule has 3 aromatic carbocycles. The van der Waals surface area contributed by atoms with E-state index in [0.29, 0.717) is 13.0 Å². The molecule has 3 atom stereocenters. The SMILES string of the molecule is COC(=O)C[C@@H]1[C@@H](CCO[Si](c2ccccc2)(c2ccccc2)C(C)(C)C)OC(=O)[C@]1(C)Sc1ccccc1. The molecule has 1 aliphatic heterocycles. The first-order chi connectivity index (χ1) is 18.6. The highest BCUT2D eigenvalue weighted by Crippen LogP contribution is 2.48. The van der Waals surface area contributed by atoms with Crippen LogP contribution in [0.1, 0.15) is 40.5 Å². The fourth-order valence-electron chi connectivity index (χ4n) is 5.63. The Bertz CT molecular complexity index is 1210. The number of rotatable bonds is 10. The second kappa shape index (κ2) is 12.1. The number of carbonyl (C=O) groups excluding carboxylic acids is 2. The van der Waals surface area contributed by atoms with Crippen LogP contribution in [0, 0.1) is 5.92 Å². The van der Waals surface area contributed by atoms with Crippen LogP contribution in [-0.2, 0) is 23.5 Å². The van der Waals surface area contributed by atoms with E-state index >= 15 is 0 Å². The minimum atomic E-state index is -2.73. The van der Waals surface area contributed by atoms with Crippen LogP contribution in [0.15, 0.2) is 95.9 Å². The lowest BCUT2D eigenvalue weighted by Crippen LogP contribution is -2.66. The quantitative estimate of drug-likeness (QED) is 0.237. The molecular formula is C32H38O5SSi. The van der Waals surface area contributed by atoms with Gasteiger partial charge in [0.05, 0.1) is 13.5 Å². The van der Waals surface area contributed by atoms with E-state index in [-0.39, 0.29) is 29.3 Å². The number of cyclic esters (lactones) is 1. The molecule has 1 fully saturated rings. The van der Waals surface area contributed by atoms with E-state index in [1.807, 2.05) is 49.4 Å². The molecule has 7 heteroatoms. The van der Waals surface area contributed by atoms with Crippen LogP contribution in [0.3, 0.4) is 0 Å². The van der Waals surface area contributed by atoms with Crippen molar-refractivity contribution in [2.45, 2.75) is 61.3 Å². The maximum Gasteiger partial charge on any atom is 0.323 e. The molecule has 0 amide bonds. The van der Waals surface area contributed by atoms with E-state index in [9.17, 15) is 9.59 Å². The smallest absolute Gasteiger partial charge is 0.323 e. The van der Waals surface area contributed by atoms with E-state index < -0.39 is 19.2 Å². The lowest BCUT2D eigenvalue weighted by Gasteiger charge is -2.43. The number of hydrogen-bond donors (Lipinski definition) is 0. The number of ether oxygens (including phenoxy) is 2. The van der Waals surface area contributed by atoms with Gasteiger partial charge in [0.15, 0.2) is 0 Å². The predicted octanol–water partition coefficient (Wildman–Crippen LogP) is 5.61. The molecule has 0 aromatic heterocycles. The molecular weight excluding hydrogens is 525 g/mol. The largest absolute Gasteiger partial charge is 0.469 e. The molecule has 1 aliphatic rings. The number of hydrogen-bond acceptors (Lipinski definition) is 6. The lowest BCUT2D eigenvalue weighted by atomic mass is 9.86. The Labute approximate surface area is 237 Å². The molecule has 1 heterocycles. The average Bonchev–Trinajstić information content (AvgIpc) is 3.15. The Morgan fingerprint density at radius 1 is 0.923 bits per heavy atom. The van der Waals surface area contributed by atoms with Crippen LogP contribution >= 0.6 is 11.8 Å². The summed E-state index contributed by atoms with van der Waals surface area (Å²) < 4.78 is 17.1. The molecule has 0 bridgehead atoms. The highest BCUT2D eigenvalue weighted by atomic mass is 32.2. The van der Waals surface area contributed by atoms with Crippen molar-refractivity contribution in [2.75, 3.05) is 13.7 Å². The van der Waals surface area contributed by atoms with Gasteiger partial charge in [-0.25, -0.2) is 0 Å². The highest BCUT2D eigenvalue weighted by molar-refractivity contribution is 8.01. The van der Waals surface area contributed by atoms with Gasteiger partial charge in [0.25, 0.3) is 8.32 Å². The number of carbonyl (C=O) groups is 2. The summed E-state index contributed by atoms with van der Waals surface area (Å²) in [5, 5.41) is 2.23. The van der Waals surface area contributed by atoms with Crippen molar-refractivity contribution in [1.82, 2.24) is 0 Å². The molecule has 5 nitrogen and oxygen atoms in total. The Hall–Kier alpha value is -2.87. The molecule has 0 unspecified atom stereocenters. The van der Waals surface area contributed by atoms with Crippen LogP contribution in [0.5, 0.6) is 0 Å². The third-order valence-corrected chi connectivity index (χ3v) is 14.1. The molecule has 0 aliphatic carbocycles. The van der Waals surface area contributed by atoms with Crippen LogP contribution in [-0.4, -0.2) is 44.8 Å². The molecule has 1 saturated heterocycles. The van der Waals surface area contributed by atoms with Crippen LogP contribution in [0.4, 0.5) is 0 Å². The average molecular weight is 563 g/mol. The molecule has 3 aromatic rings. The first-order valence-corrected chi connectivity index (χ1v) is 16.1. The predicted molar refractivity (Wildman–Crippen MR) is 159 cm³/mol. The maximum absolute atomic E-state index is 13.3. The Morgan fingerprint density at radius 2 is 1.44 bits per heavy atom. The summed E-state index contributed by atoms with van der Waals surface area (Å²) in [4.78, 5) is 26.8. The monoisotopic (exact) mass is 562 g/mol. The summed E-state index contributed by atoms with van der Waals surface area (Å²) in [6, 6.07) is 30.7. The number of thioether (sulfide) groups is 1.